The van der Waals surface area contributed by atoms with Gasteiger partial charge in [0, 0.05) is 19.5 Å². The van der Waals surface area contributed by atoms with E-state index in [2.05, 4.69) is 15.6 Å². The molecule has 3 rings (SSSR count). The topological polar surface area (TPSA) is 112 Å². The van der Waals surface area contributed by atoms with Crippen LogP contribution in [0.1, 0.15) is 38.4 Å². The van der Waals surface area contributed by atoms with Gasteiger partial charge in [0.05, 0.1) is 27.9 Å². The molecule has 1 aliphatic rings. The molecular formula is C25H34N4O4S2. The van der Waals surface area contributed by atoms with Gasteiger partial charge in [-0.1, -0.05) is 45.0 Å². The third-order valence-electron chi connectivity index (χ3n) is 5.99. The van der Waals surface area contributed by atoms with Gasteiger partial charge in [0.25, 0.3) is 0 Å². The molecule has 1 aliphatic heterocycles. The minimum Gasteiger partial charge on any atom is -0.391 e. The average molecular weight is 519 g/mol. The van der Waals surface area contributed by atoms with Gasteiger partial charge in [0.1, 0.15) is 12.1 Å². The fourth-order valence-electron chi connectivity index (χ4n) is 4.11. The van der Waals surface area contributed by atoms with Gasteiger partial charge in [0.2, 0.25) is 17.7 Å². The molecule has 8 nitrogen and oxygen atoms in total. The number of hydrogen-bond donors (Lipinski definition) is 3. The van der Waals surface area contributed by atoms with Crippen molar-refractivity contribution in [1.29, 1.82) is 0 Å². The Bertz CT molecular complexity index is 1050. The summed E-state index contributed by atoms with van der Waals surface area (Å²) in [6.45, 7) is 7.95. The highest BCUT2D eigenvalue weighted by Gasteiger charge is 2.44. The number of thioether (sulfide) groups is 1. The number of hydrogen-bond acceptors (Lipinski definition) is 7. The summed E-state index contributed by atoms with van der Waals surface area (Å²) in [5, 5.41) is 16.0. The Hall–Kier alpha value is -2.43. The highest BCUT2D eigenvalue weighted by molar-refractivity contribution is 7.99. The fourth-order valence-corrected chi connectivity index (χ4v) is 5.27. The Morgan fingerprint density at radius 1 is 1.26 bits per heavy atom. The number of aliphatic hydroxyl groups is 1. The number of aliphatic hydroxyl groups excluding tert-OH is 1. The summed E-state index contributed by atoms with van der Waals surface area (Å²) >= 11 is 2.96. The molecule has 1 fully saturated rings. The van der Waals surface area contributed by atoms with Gasteiger partial charge in [-0.2, -0.15) is 11.8 Å². The summed E-state index contributed by atoms with van der Waals surface area (Å²) in [6.07, 6.45) is 1.19. The number of amides is 3. The SMILES string of the molecule is CSCC(=O)N[C@H](C(=O)N1C[C@H](O)C[C@H]1C(=O)NCc1ccc(-c2scnc2C)cc1)C(C)(C)C. The monoisotopic (exact) mass is 518 g/mol. The number of rotatable bonds is 8. The molecule has 0 saturated carbocycles. The first-order valence-corrected chi connectivity index (χ1v) is 13.8. The number of likely N-dealkylation sites (tertiary alicyclic amines) is 1. The van der Waals surface area contributed by atoms with Crippen molar-refractivity contribution in [2.45, 2.75) is 58.8 Å². The van der Waals surface area contributed by atoms with Gasteiger partial charge >= 0.3 is 0 Å². The molecule has 3 amide bonds. The van der Waals surface area contributed by atoms with Crippen molar-refractivity contribution in [2.75, 3.05) is 18.6 Å². The molecule has 1 saturated heterocycles. The molecule has 1 aromatic heterocycles. The summed E-state index contributed by atoms with van der Waals surface area (Å²) in [7, 11) is 0. The number of aromatic nitrogens is 1. The van der Waals surface area contributed by atoms with Gasteiger partial charge in [-0.3, -0.25) is 14.4 Å². The zero-order valence-electron chi connectivity index (χ0n) is 20.8. The van der Waals surface area contributed by atoms with E-state index in [4.69, 9.17) is 0 Å². The van der Waals surface area contributed by atoms with Crippen LogP contribution < -0.4 is 10.6 Å². The Labute approximate surface area is 214 Å². The fraction of sp³-hybridized carbons (Fsp3) is 0.520. The molecule has 0 aliphatic carbocycles. The lowest BCUT2D eigenvalue weighted by atomic mass is 9.85. The number of carbonyl (C=O) groups excluding carboxylic acids is 3. The van der Waals surface area contributed by atoms with Crippen molar-refractivity contribution in [1.82, 2.24) is 20.5 Å². The van der Waals surface area contributed by atoms with Gasteiger partial charge in [-0.15, -0.1) is 11.3 Å². The van der Waals surface area contributed by atoms with E-state index in [1.54, 1.807) is 11.3 Å². The Morgan fingerprint density at radius 3 is 2.51 bits per heavy atom. The second-order valence-corrected chi connectivity index (χ2v) is 11.6. The van der Waals surface area contributed by atoms with E-state index in [1.165, 1.54) is 16.7 Å². The molecule has 0 unspecified atom stereocenters. The summed E-state index contributed by atoms with van der Waals surface area (Å²) in [5.74, 6) is -0.662. The second-order valence-electron chi connectivity index (χ2n) is 9.88. The smallest absolute Gasteiger partial charge is 0.246 e. The summed E-state index contributed by atoms with van der Waals surface area (Å²) < 4.78 is 0. The maximum Gasteiger partial charge on any atom is 0.246 e. The second kappa shape index (κ2) is 11.5. The zero-order chi connectivity index (χ0) is 25.8. The Morgan fingerprint density at radius 2 is 1.94 bits per heavy atom. The van der Waals surface area contributed by atoms with Crippen LogP contribution in [0.5, 0.6) is 0 Å². The van der Waals surface area contributed by atoms with Crippen molar-refractivity contribution in [3.05, 3.63) is 41.0 Å². The van der Waals surface area contributed by atoms with Gasteiger partial charge in [-0.05, 0) is 29.7 Å². The first-order chi connectivity index (χ1) is 16.5. The van der Waals surface area contributed by atoms with Crippen LogP contribution in [0.3, 0.4) is 0 Å². The molecule has 0 spiro atoms. The molecule has 0 bridgehead atoms. The molecule has 10 heteroatoms. The van der Waals surface area contributed by atoms with Crippen LogP contribution in [0.2, 0.25) is 0 Å². The van der Waals surface area contributed by atoms with Crippen molar-refractivity contribution in [3.8, 4) is 10.4 Å². The van der Waals surface area contributed by atoms with Crippen LogP contribution in [0.4, 0.5) is 0 Å². The third kappa shape index (κ3) is 6.83. The summed E-state index contributed by atoms with van der Waals surface area (Å²) in [5.41, 5.74) is 4.25. The normalized spacial score (nSPS) is 18.9. The van der Waals surface area contributed by atoms with Gasteiger partial charge in [0.15, 0.2) is 0 Å². The highest BCUT2D eigenvalue weighted by Crippen LogP contribution is 2.28. The van der Waals surface area contributed by atoms with Crippen LogP contribution in [-0.2, 0) is 20.9 Å². The number of carbonyl (C=O) groups is 3. The quantitative estimate of drug-likeness (QED) is 0.495. The van der Waals surface area contributed by atoms with Crippen LogP contribution in [0.25, 0.3) is 10.4 Å². The lowest BCUT2D eigenvalue weighted by Gasteiger charge is -2.35. The van der Waals surface area contributed by atoms with E-state index >= 15 is 0 Å². The standard InChI is InChI=1S/C25H34N4O4S2/c1-15-21(35-14-27-15)17-8-6-16(7-9-17)11-26-23(32)19-10-18(30)12-29(19)24(33)22(25(2,3)4)28-20(31)13-34-5/h6-9,14,18-19,22,30H,10-13H2,1-5H3,(H,26,32)(H,28,31)/t18-,19+,22-/m1/s1. The van der Waals surface area contributed by atoms with Crippen LogP contribution in [0.15, 0.2) is 29.8 Å². The largest absolute Gasteiger partial charge is 0.391 e. The minimum absolute atomic E-state index is 0.0603. The lowest BCUT2D eigenvalue weighted by Crippen LogP contribution is -2.58. The molecule has 35 heavy (non-hydrogen) atoms. The van der Waals surface area contributed by atoms with E-state index in [0.717, 1.165) is 21.7 Å². The summed E-state index contributed by atoms with van der Waals surface area (Å²) in [6, 6.07) is 6.32. The zero-order valence-corrected chi connectivity index (χ0v) is 22.5. The Kier molecular flexibility index (Phi) is 8.95. The Balaban J connectivity index is 1.67. The van der Waals surface area contributed by atoms with E-state index in [1.807, 2.05) is 63.7 Å². The maximum atomic E-state index is 13.5. The maximum absolute atomic E-state index is 13.5. The van der Waals surface area contributed by atoms with Crippen molar-refractivity contribution >= 4 is 40.8 Å². The molecule has 3 N–H and O–H groups in total. The van der Waals surface area contributed by atoms with E-state index < -0.39 is 23.6 Å². The number of benzene rings is 1. The van der Waals surface area contributed by atoms with E-state index in [9.17, 15) is 19.5 Å². The number of nitrogens with one attached hydrogen (secondary N) is 2. The predicted octanol–water partition coefficient (Wildman–Crippen LogP) is 2.59. The first-order valence-electron chi connectivity index (χ1n) is 11.5. The minimum atomic E-state index is -0.800. The first kappa shape index (κ1) is 27.2. The average Bonchev–Trinajstić information content (AvgIpc) is 3.40. The molecule has 2 aromatic rings. The molecular weight excluding hydrogens is 484 g/mol. The number of aryl methyl sites for hydroxylation is 1. The highest BCUT2D eigenvalue weighted by atomic mass is 32.2. The van der Waals surface area contributed by atoms with E-state index in [-0.39, 0.29) is 36.4 Å². The summed E-state index contributed by atoms with van der Waals surface area (Å²) in [4.78, 5) is 45.6. The molecule has 0 radical (unpaired) electrons. The van der Waals surface area contributed by atoms with Crippen LogP contribution >= 0.6 is 23.1 Å². The van der Waals surface area contributed by atoms with Crippen molar-refractivity contribution in [3.63, 3.8) is 0 Å². The van der Waals surface area contributed by atoms with Crippen LogP contribution in [-0.4, -0.2) is 69.5 Å². The third-order valence-corrected chi connectivity index (χ3v) is 7.52. The lowest BCUT2D eigenvalue weighted by molar-refractivity contribution is -0.143. The van der Waals surface area contributed by atoms with Crippen molar-refractivity contribution in [2.24, 2.45) is 5.41 Å². The molecule has 2 heterocycles. The van der Waals surface area contributed by atoms with E-state index in [0.29, 0.717) is 6.54 Å². The van der Waals surface area contributed by atoms with Crippen LogP contribution in [0, 0.1) is 12.3 Å². The predicted molar refractivity (Wildman–Crippen MR) is 140 cm³/mol. The number of thiazole rings is 1. The van der Waals surface area contributed by atoms with Gasteiger partial charge < -0.3 is 20.6 Å². The molecule has 3 atom stereocenters. The van der Waals surface area contributed by atoms with Crippen molar-refractivity contribution < 1.29 is 19.5 Å². The number of β-amino-alcohol motifs (C(OH)–C–C–N with tert-alkyl or cyclic N) is 1. The number of nitrogens with zero attached hydrogens (tertiary/aromatic N) is 2. The van der Waals surface area contributed by atoms with Gasteiger partial charge in [-0.25, -0.2) is 4.98 Å². The molecule has 190 valence electrons. The molecule has 1 aromatic carbocycles.